The summed E-state index contributed by atoms with van der Waals surface area (Å²) >= 11 is 0. The lowest BCUT2D eigenvalue weighted by Gasteiger charge is -2.09. The number of carbonyl (C=O) groups is 2. The van der Waals surface area contributed by atoms with Crippen molar-refractivity contribution in [2.75, 3.05) is 10.6 Å². The van der Waals surface area contributed by atoms with Crippen molar-refractivity contribution >= 4 is 29.0 Å². The van der Waals surface area contributed by atoms with Gasteiger partial charge in [0.1, 0.15) is 11.4 Å². The summed E-state index contributed by atoms with van der Waals surface area (Å²) in [5.41, 5.74) is 0.344. The number of hydrogen-bond donors (Lipinski definition) is 2. The molecule has 3 heterocycles. The third-order valence-corrected chi connectivity index (χ3v) is 4.95. The summed E-state index contributed by atoms with van der Waals surface area (Å²) in [5, 5.41) is 9.53. The molecule has 178 valence electrons. The number of anilines is 2. The predicted octanol–water partition coefficient (Wildman–Crippen LogP) is 3.93. The molecule has 13 heteroatoms. The van der Waals surface area contributed by atoms with E-state index in [1.54, 1.807) is 30.5 Å². The van der Waals surface area contributed by atoms with Gasteiger partial charge >= 0.3 is 6.18 Å². The predicted molar refractivity (Wildman–Crippen MR) is 116 cm³/mol. The standard InChI is InChI=1S/C22H16F3N7O3/c23-22(24,25)21-26-9-8-15(28-21)20(34)27-13-2-1-3-14(10-13)35-18-7-6-17-29-16(11-32(17)31-18)30-19(33)12-4-5-12/h1-3,6-12H,4-5H2,(H,27,34)(H,30,33). The highest BCUT2D eigenvalue weighted by Crippen LogP contribution is 2.30. The fourth-order valence-corrected chi connectivity index (χ4v) is 3.13. The van der Waals surface area contributed by atoms with Crippen molar-refractivity contribution in [3.63, 3.8) is 0 Å². The first-order valence-corrected chi connectivity index (χ1v) is 10.4. The quantitative estimate of drug-likeness (QED) is 0.426. The number of ether oxygens (including phenoxy) is 1. The molecule has 1 aliphatic carbocycles. The average molecular weight is 483 g/mol. The number of alkyl halides is 3. The molecule has 0 atom stereocenters. The van der Waals surface area contributed by atoms with Gasteiger partial charge in [-0.25, -0.2) is 19.5 Å². The summed E-state index contributed by atoms with van der Waals surface area (Å²) in [6.45, 7) is 0. The monoisotopic (exact) mass is 483 g/mol. The number of halogens is 3. The summed E-state index contributed by atoms with van der Waals surface area (Å²) < 4.78 is 45.6. The second-order valence-electron chi connectivity index (χ2n) is 7.71. The first-order valence-electron chi connectivity index (χ1n) is 10.4. The zero-order valence-electron chi connectivity index (χ0n) is 17.8. The van der Waals surface area contributed by atoms with E-state index in [1.807, 2.05) is 0 Å². The Morgan fingerprint density at radius 3 is 2.66 bits per heavy atom. The first-order chi connectivity index (χ1) is 16.7. The molecule has 0 unspecified atom stereocenters. The molecule has 3 aromatic heterocycles. The first kappa shape index (κ1) is 22.3. The van der Waals surface area contributed by atoms with E-state index in [2.05, 4.69) is 30.7 Å². The van der Waals surface area contributed by atoms with Crippen molar-refractivity contribution < 1.29 is 27.5 Å². The molecule has 1 aromatic carbocycles. The van der Waals surface area contributed by atoms with Crippen LogP contribution in [0.25, 0.3) is 5.65 Å². The Balaban J connectivity index is 1.28. The van der Waals surface area contributed by atoms with E-state index in [-0.39, 0.29) is 23.4 Å². The Labute approximate surface area is 195 Å². The van der Waals surface area contributed by atoms with Crippen LogP contribution >= 0.6 is 0 Å². The van der Waals surface area contributed by atoms with E-state index in [0.717, 1.165) is 25.1 Å². The largest absolute Gasteiger partial charge is 0.451 e. The molecule has 0 aliphatic heterocycles. The molecule has 0 spiro atoms. The maximum absolute atomic E-state index is 12.8. The second kappa shape index (κ2) is 8.66. The van der Waals surface area contributed by atoms with Gasteiger partial charge in [0.25, 0.3) is 5.91 Å². The summed E-state index contributed by atoms with van der Waals surface area (Å²) in [5.74, 6) is -1.36. The Morgan fingerprint density at radius 2 is 1.89 bits per heavy atom. The summed E-state index contributed by atoms with van der Waals surface area (Å²) in [4.78, 5) is 35.0. The molecule has 5 rings (SSSR count). The zero-order valence-corrected chi connectivity index (χ0v) is 17.8. The summed E-state index contributed by atoms with van der Waals surface area (Å²) in [6, 6.07) is 10.5. The molecule has 1 fully saturated rings. The highest BCUT2D eigenvalue weighted by atomic mass is 19.4. The van der Waals surface area contributed by atoms with E-state index in [0.29, 0.717) is 17.2 Å². The normalized spacial score (nSPS) is 13.5. The topological polar surface area (TPSA) is 123 Å². The number of rotatable bonds is 6. The number of benzene rings is 1. The van der Waals surface area contributed by atoms with Crippen LogP contribution in [-0.2, 0) is 11.0 Å². The highest BCUT2D eigenvalue weighted by molar-refractivity contribution is 6.02. The van der Waals surface area contributed by atoms with Crippen molar-refractivity contribution in [3.8, 4) is 11.6 Å². The molecule has 1 aliphatic rings. The number of aromatic nitrogens is 5. The molecule has 35 heavy (non-hydrogen) atoms. The van der Waals surface area contributed by atoms with Crippen molar-refractivity contribution in [2.45, 2.75) is 19.0 Å². The Bertz CT molecular complexity index is 1430. The van der Waals surface area contributed by atoms with Gasteiger partial charge in [0.15, 0.2) is 11.5 Å². The van der Waals surface area contributed by atoms with Gasteiger partial charge in [-0.2, -0.15) is 13.2 Å². The van der Waals surface area contributed by atoms with Crippen LogP contribution in [0.15, 0.2) is 54.9 Å². The number of fused-ring (bicyclic) bond motifs is 1. The van der Waals surface area contributed by atoms with Crippen LogP contribution in [-0.4, -0.2) is 36.4 Å². The minimum Gasteiger partial charge on any atom is -0.438 e. The lowest BCUT2D eigenvalue weighted by Crippen LogP contribution is -2.18. The lowest BCUT2D eigenvalue weighted by molar-refractivity contribution is -0.145. The number of amides is 2. The third kappa shape index (κ3) is 5.18. The van der Waals surface area contributed by atoms with Gasteiger partial charge in [0, 0.05) is 29.9 Å². The molecule has 2 N–H and O–H groups in total. The van der Waals surface area contributed by atoms with E-state index < -0.39 is 23.6 Å². The van der Waals surface area contributed by atoms with Gasteiger partial charge in [0.2, 0.25) is 17.6 Å². The van der Waals surface area contributed by atoms with Gasteiger partial charge in [-0.3, -0.25) is 9.59 Å². The Hall–Kier alpha value is -4.55. The molecule has 0 bridgehead atoms. The van der Waals surface area contributed by atoms with Crippen LogP contribution < -0.4 is 15.4 Å². The summed E-state index contributed by atoms with van der Waals surface area (Å²) in [7, 11) is 0. The van der Waals surface area contributed by atoms with Crippen molar-refractivity contribution in [1.82, 2.24) is 24.6 Å². The molecule has 2 amide bonds. The van der Waals surface area contributed by atoms with Crippen molar-refractivity contribution in [2.24, 2.45) is 5.92 Å². The van der Waals surface area contributed by atoms with Crippen LogP contribution in [0.3, 0.4) is 0 Å². The highest BCUT2D eigenvalue weighted by Gasteiger charge is 2.35. The molecule has 10 nitrogen and oxygen atoms in total. The Morgan fingerprint density at radius 1 is 1.06 bits per heavy atom. The van der Waals surface area contributed by atoms with E-state index in [4.69, 9.17) is 4.74 Å². The third-order valence-electron chi connectivity index (χ3n) is 4.95. The molecule has 0 saturated heterocycles. The number of imidazole rings is 1. The summed E-state index contributed by atoms with van der Waals surface area (Å²) in [6.07, 6.45) is -0.580. The van der Waals surface area contributed by atoms with Crippen LogP contribution in [0.2, 0.25) is 0 Å². The van der Waals surface area contributed by atoms with E-state index >= 15 is 0 Å². The Kier molecular flexibility index (Phi) is 5.51. The van der Waals surface area contributed by atoms with Gasteiger partial charge in [-0.1, -0.05) is 6.07 Å². The number of nitrogens with zero attached hydrogens (tertiary/aromatic N) is 5. The van der Waals surface area contributed by atoms with Crippen LogP contribution in [0.4, 0.5) is 24.7 Å². The van der Waals surface area contributed by atoms with Crippen LogP contribution in [0.5, 0.6) is 11.6 Å². The van der Waals surface area contributed by atoms with Gasteiger partial charge < -0.3 is 15.4 Å². The fraction of sp³-hybridized carbons (Fsp3) is 0.182. The number of carbonyl (C=O) groups excluding carboxylic acids is 2. The zero-order chi connectivity index (χ0) is 24.6. The smallest absolute Gasteiger partial charge is 0.438 e. The molecule has 1 saturated carbocycles. The van der Waals surface area contributed by atoms with Gasteiger partial charge in [-0.15, -0.1) is 5.10 Å². The molecular weight excluding hydrogens is 467 g/mol. The maximum atomic E-state index is 12.8. The van der Waals surface area contributed by atoms with Crippen molar-refractivity contribution in [1.29, 1.82) is 0 Å². The molecule has 0 radical (unpaired) electrons. The SMILES string of the molecule is O=C(Nc1cccc(Oc2ccc3nc(NC(=O)C4CC4)cn3n2)c1)c1ccnc(C(F)(F)F)n1. The van der Waals surface area contributed by atoms with E-state index in [1.165, 1.54) is 16.6 Å². The van der Waals surface area contributed by atoms with Crippen LogP contribution in [0.1, 0.15) is 29.2 Å². The lowest BCUT2D eigenvalue weighted by atomic mass is 10.3. The minimum absolute atomic E-state index is 0.0421. The second-order valence-corrected chi connectivity index (χ2v) is 7.71. The van der Waals surface area contributed by atoms with E-state index in [9.17, 15) is 22.8 Å². The number of nitrogens with one attached hydrogen (secondary N) is 2. The molecular formula is C22H16F3N7O3. The van der Waals surface area contributed by atoms with Crippen LogP contribution in [0, 0.1) is 5.92 Å². The maximum Gasteiger partial charge on any atom is 0.451 e. The minimum atomic E-state index is -4.77. The average Bonchev–Trinajstić information content (AvgIpc) is 3.60. The van der Waals surface area contributed by atoms with Gasteiger partial charge in [0.05, 0.1) is 6.20 Å². The molecule has 4 aromatic rings. The van der Waals surface area contributed by atoms with Gasteiger partial charge in [-0.05, 0) is 37.1 Å². The fourth-order valence-electron chi connectivity index (χ4n) is 3.13. The number of hydrogen-bond acceptors (Lipinski definition) is 7. The van der Waals surface area contributed by atoms with Crippen molar-refractivity contribution in [3.05, 3.63) is 66.4 Å².